The van der Waals surface area contributed by atoms with Crippen molar-refractivity contribution in [2.24, 2.45) is 18.4 Å². The fourth-order valence-electron chi connectivity index (χ4n) is 8.53. The highest BCUT2D eigenvalue weighted by atomic mass is 19.4. The van der Waals surface area contributed by atoms with Crippen molar-refractivity contribution in [3.05, 3.63) is 88.5 Å². The van der Waals surface area contributed by atoms with E-state index in [1.165, 1.54) is 30.9 Å². The summed E-state index contributed by atoms with van der Waals surface area (Å²) < 4.78 is 61.3. The van der Waals surface area contributed by atoms with E-state index in [2.05, 4.69) is 28.6 Å². The van der Waals surface area contributed by atoms with Gasteiger partial charge in [0.05, 0.1) is 17.5 Å². The van der Waals surface area contributed by atoms with Crippen molar-refractivity contribution in [3.63, 3.8) is 0 Å². The van der Waals surface area contributed by atoms with Gasteiger partial charge in [-0.3, -0.25) is 14.5 Å². The molecule has 0 bridgehead atoms. The molecule has 1 spiro atoms. The predicted octanol–water partition coefficient (Wildman–Crippen LogP) is 6.14. The average Bonchev–Trinajstić information content (AvgIpc) is 3.70. The van der Waals surface area contributed by atoms with Crippen LogP contribution in [0.25, 0.3) is 0 Å². The van der Waals surface area contributed by atoms with Crippen LogP contribution in [-0.4, -0.2) is 62.6 Å². The third kappa shape index (κ3) is 5.32. The zero-order valence-corrected chi connectivity index (χ0v) is 27.7. The molecule has 0 radical (unpaired) electrons. The summed E-state index contributed by atoms with van der Waals surface area (Å²) in [6.45, 7) is 11.1. The smallest absolute Gasteiger partial charge is 0.338 e. The lowest BCUT2D eigenvalue weighted by Gasteiger charge is -2.47. The van der Waals surface area contributed by atoms with Crippen molar-refractivity contribution in [2.75, 3.05) is 31.1 Å². The number of alkyl halides is 4. The van der Waals surface area contributed by atoms with Gasteiger partial charge in [-0.1, -0.05) is 19.6 Å². The van der Waals surface area contributed by atoms with E-state index in [0.29, 0.717) is 48.9 Å². The normalized spacial score (nSPS) is 23.8. The van der Waals surface area contributed by atoms with E-state index in [1.807, 2.05) is 17.7 Å². The van der Waals surface area contributed by atoms with Crippen molar-refractivity contribution in [2.45, 2.75) is 70.4 Å². The number of hydrogen-bond donors (Lipinski definition) is 0. The number of nitrogens with zero attached hydrogens (tertiary/aromatic N) is 6. The van der Waals surface area contributed by atoms with Gasteiger partial charge in [0, 0.05) is 49.9 Å². The monoisotopic (exact) mass is 664 g/mol. The third-order valence-electron chi connectivity index (χ3n) is 10.9. The Morgan fingerprint density at radius 1 is 1.08 bits per heavy atom. The van der Waals surface area contributed by atoms with Crippen LogP contribution >= 0.6 is 0 Å². The number of rotatable bonds is 7. The molecule has 1 aliphatic carbocycles. The van der Waals surface area contributed by atoms with Gasteiger partial charge in [-0.2, -0.15) is 13.2 Å². The fraction of sp³-hybridized carbons (Fsp3) is 0.500. The van der Waals surface area contributed by atoms with Gasteiger partial charge in [0.15, 0.2) is 0 Å². The zero-order valence-electron chi connectivity index (χ0n) is 27.7. The van der Waals surface area contributed by atoms with E-state index < -0.39 is 28.7 Å². The minimum absolute atomic E-state index is 0.0203. The number of aryl methyl sites for hydroxylation is 1. The fourth-order valence-corrected chi connectivity index (χ4v) is 8.53. The summed E-state index contributed by atoms with van der Waals surface area (Å²) in [4.78, 5) is 31.2. The number of hydrogen-bond acceptors (Lipinski definition) is 5. The maximum Gasteiger partial charge on any atom is 0.416 e. The van der Waals surface area contributed by atoms with Crippen LogP contribution in [0.5, 0.6) is 0 Å². The number of likely N-dealkylation sites (tertiary alicyclic amines) is 2. The molecule has 3 aromatic rings. The molecule has 7 rings (SSSR count). The minimum Gasteiger partial charge on any atom is -0.338 e. The predicted molar refractivity (Wildman–Crippen MR) is 172 cm³/mol. The summed E-state index contributed by atoms with van der Waals surface area (Å²) in [6, 6.07) is 7.95. The number of carbonyl (C=O) groups excluding carboxylic acids is 2. The van der Waals surface area contributed by atoms with E-state index >= 15 is 4.39 Å². The van der Waals surface area contributed by atoms with E-state index in [0.717, 1.165) is 30.7 Å². The summed E-state index contributed by atoms with van der Waals surface area (Å²) in [7, 11) is 1.85. The van der Waals surface area contributed by atoms with Crippen LogP contribution in [0.3, 0.4) is 0 Å². The SMILES string of the molecule is C=CC(=O)N1CC2(CCN(Cc3cc4c(c(C(F)(F)F)c3)CN(c3cc(C(C)(C)F)cc(C5(c6nncn6C)CC(C)C5)c3)C4=O)C2)C1. The van der Waals surface area contributed by atoms with Gasteiger partial charge in [-0.25, -0.2) is 4.39 Å². The topological polar surface area (TPSA) is 74.6 Å². The molecule has 2 saturated heterocycles. The molecule has 1 aromatic heterocycles. The Morgan fingerprint density at radius 2 is 1.81 bits per heavy atom. The molecule has 8 nitrogen and oxygen atoms in total. The lowest BCUT2D eigenvalue weighted by atomic mass is 9.58. The van der Waals surface area contributed by atoms with Crippen LogP contribution in [0, 0.1) is 11.3 Å². The van der Waals surface area contributed by atoms with Crippen LogP contribution in [0.15, 0.2) is 49.3 Å². The van der Waals surface area contributed by atoms with Gasteiger partial charge in [0.25, 0.3) is 5.91 Å². The highest BCUT2D eigenvalue weighted by Gasteiger charge is 2.50. The standard InChI is InChI=1S/C36H40F4N6O2/c1-6-30(47)45-19-34(20-45)7-8-44(18-34)16-23-9-27-28(29(10-23)36(38,39)40)17-46(31(27)48)26-12-24(33(3,4)37)11-25(13-26)35(14-22(2)15-35)32-42-41-21-43(32)5/h6,9-13,21-22H,1,7-8,14-20H2,2-5H3. The van der Waals surface area contributed by atoms with E-state index in [9.17, 15) is 22.8 Å². The molecule has 2 aromatic carbocycles. The Balaban J connectivity index is 1.22. The Morgan fingerprint density at radius 3 is 2.42 bits per heavy atom. The molecule has 254 valence electrons. The molecular formula is C36H40F4N6O2. The lowest BCUT2D eigenvalue weighted by molar-refractivity contribution is -0.138. The molecule has 4 heterocycles. The van der Waals surface area contributed by atoms with Crippen LogP contribution in [0.4, 0.5) is 23.2 Å². The number of anilines is 1. The van der Waals surface area contributed by atoms with Gasteiger partial charge >= 0.3 is 6.18 Å². The number of fused-ring (bicyclic) bond motifs is 1. The first-order chi connectivity index (χ1) is 22.5. The highest BCUT2D eigenvalue weighted by Crippen LogP contribution is 2.53. The second-order valence-electron chi connectivity index (χ2n) is 15.0. The first-order valence-electron chi connectivity index (χ1n) is 16.4. The van der Waals surface area contributed by atoms with Gasteiger partial charge in [-0.05, 0) is 98.2 Å². The van der Waals surface area contributed by atoms with Crippen LogP contribution in [0.2, 0.25) is 0 Å². The molecule has 0 N–H and O–H groups in total. The second kappa shape index (κ2) is 11.0. The zero-order chi connectivity index (χ0) is 34.4. The molecule has 0 atom stereocenters. The minimum atomic E-state index is -4.67. The molecule has 3 fully saturated rings. The average molecular weight is 665 g/mol. The summed E-state index contributed by atoms with van der Waals surface area (Å²) in [5, 5.41) is 8.48. The van der Waals surface area contributed by atoms with Crippen LogP contribution in [-0.2, 0) is 42.2 Å². The Bertz CT molecular complexity index is 1810. The summed E-state index contributed by atoms with van der Waals surface area (Å²) in [5.74, 6) is 0.448. The van der Waals surface area contributed by atoms with Crippen LogP contribution in [0.1, 0.15) is 84.0 Å². The highest BCUT2D eigenvalue weighted by molar-refractivity contribution is 6.10. The van der Waals surface area contributed by atoms with Gasteiger partial charge in [-0.15, -0.1) is 10.2 Å². The number of benzene rings is 2. The van der Waals surface area contributed by atoms with E-state index in [-0.39, 0.29) is 35.5 Å². The number of amides is 2. The van der Waals surface area contributed by atoms with Crippen molar-refractivity contribution in [3.8, 4) is 0 Å². The van der Waals surface area contributed by atoms with Crippen molar-refractivity contribution in [1.29, 1.82) is 0 Å². The number of carbonyl (C=O) groups is 2. The van der Waals surface area contributed by atoms with Crippen molar-refractivity contribution in [1.82, 2.24) is 24.6 Å². The first kappa shape index (κ1) is 32.5. The first-order valence-corrected chi connectivity index (χ1v) is 16.4. The summed E-state index contributed by atoms with van der Waals surface area (Å²) in [6.07, 6.45) is 0.565. The molecular weight excluding hydrogens is 624 g/mol. The Hall–Kier alpha value is -4.06. The Labute approximate surface area is 277 Å². The van der Waals surface area contributed by atoms with E-state index in [4.69, 9.17) is 0 Å². The van der Waals surface area contributed by atoms with Gasteiger partial charge < -0.3 is 14.4 Å². The maximum atomic E-state index is 15.7. The molecule has 2 amide bonds. The molecule has 1 saturated carbocycles. The van der Waals surface area contributed by atoms with Crippen LogP contribution < -0.4 is 4.90 Å². The number of aromatic nitrogens is 3. The molecule has 48 heavy (non-hydrogen) atoms. The quantitative estimate of drug-likeness (QED) is 0.224. The van der Waals surface area contributed by atoms with Crippen molar-refractivity contribution < 1.29 is 27.2 Å². The van der Waals surface area contributed by atoms with Gasteiger partial charge in [0.1, 0.15) is 17.8 Å². The van der Waals surface area contributed by atoms with Crippen molar-refractivity contribution >= 4 is 17.5 Å². The molecule has 0 unspecified atom stereocenters. The lowest BCUT2D eigenvalue weighted by Crippen LogP contribution is -2.59. The molecule has 4 aliphatic rings. The second-order valence-corrected chi connectivity index (χ2v) is 15.0. The van der Waals surface area contributed by atoms with Gasteiger partial charge in [0.2, 0.25) is 5.91 Å². The molecule has 12 heteroatoms. The number of halogens is 4. The third-order valence-corrected chi connectivity index (χ3v) is 10.9. The molecule has 3 aliphatic heterocycles. The largest absolute Gasteiger partial charge is 0.416 e. The van der Waals surface area contributed by atoms with E-state index in [1.54, 1.807) is 29.4 Å². The Kier molecular flexibility index (Phi) is 7.43. The maximum absolute atomic E-state index is 15.7. The summed E-state index contributed by atoms with van der Waals surface area (Å²) >= 11 is 0. The summed E-state index contributed by atoms with van der Waals surface area (Å²) in [5.41, 5.74) is -1.41.